The summed E-state index contributed by atoms with van der Waals surface area (Å²) in [6.45, 7) is 10.5. The molecule has 1 N–H and O–H groups in total. The monoisotopic (exact) mass is 216 g/mol. The summed E-state index contributed by atoms with van der Waals surface area (Å²) in [6, 6.07) is 1.44. The molecule has 1 heterocycles. The van der Waals surface area contributed by atoms with Crippen molar-refractivity contribution in [1.82, 2.24) is 10.2 Å². The van der Waals surface area contributed by atoms with Gasteiger partial charge in [0.2, 0.25) is 0 Å². The molecule has 14 heavy (non-hydrogen) atoms. The summed E-state index contributed by atoms with van der Waals surface area (Å²) in [5, 5.41) is 3.60. The lowest BCUT2D eigenvalue weighted by Crippen LogP contribution is -2.48. The standard InChI is InChI=1S/C11H24N2S/c1-4-10(3)13(5-2)8-11-9-14-7-6-12-11/h10-12H,4-9H2,1-3H3. The van der Waals surface area contributed by atoms with Crippen molar-refractivity contribution >= 4 is 11.8 Å². The maximum absolute atomic E-state index is 3.60. The molecule has 0 aromatic rings. The Bertz CT molecular complexity index is 146. The molecule has 0 aliphatic carbocycles. The number of hydrogen-bond donors (Lipinski definition) is 1. The zero-order valence-electron chi connectivity index (χ0n) is 9.75. The van der Waals surface area contributed by atoms with Gasteiger partial charge in [0, 0.05) is 36.7 Å². The molecule has 84 valence electrons. The number of nitrogens with zero attached hydrogens (tertiary/aromatic N) is 1. The molecule has 0 aromatic heterocycles. The second kappa shape index (κ2) is 6.70. The molecule has 2 atom stereocenters. The fraction of sp³-hybridized carbons (Fsp3) is 1.00. The van der Waals surface area contributed by atoms with E-state index in [1.54, 1.807) is 0 Å². The van der Waals surface area contributed by atoms with E-state index in [1.807, 2.05) is 0 Å². The molecule has 1 aliphatic heterocycles. The molecule has 1 saturated heterocycles. The lowest BCUT2D eigenvalue weighted by atomic mass is 10.2. The van der Waals surface area contributed by atoms with Crippen molar-refractivity contribution < 1.29 is 0 Å². The maximum atomic E-state index is 3.60. The van der Waals surface area contributed by atoms with E-state index in [2.05, 4.69) is 42.7 Å². The van der Waals surface area contributed by atoms with Crippen molar-refractivity contribution in [2.75, 3.05) is 31.1 Å². The predicted molar refractivity (Wildman–Crippen MR) is 66.1 cm³/mol. The normalized spacial score (nSPS) is 25.3. The predicted octanol–water partition coefficient (Wildman–Crippen LogP) is 1.81. The van der Waals surface area contributed by atoms with Gasteiger partial charge in [-0.25, -0.2) is 0 Å². The molecular formula is C11H24N2S. The van der Waals surface area contributed by atoms with Gasteiger partial charge < -0.3 is 5.32 Å². The van der Waals surface area contributed by atoms with Gasteiger partial charge in [-0.2, -0.15) is 11.8 Å². The van der Waals surface area contributed by atoms with Crippen molar-refractivity contribution in [2.45, 2.75) is 39.3 Å². The molecule has 0 aromatic carbocycles. The molecular weight excluding hydrogens is 192 g/mol. The first-order chi connectivity index (χ1) is 6.77. The molecule has 3 heteroatoms. The van der Waals surface area contributed by atoms with Gasteiger partial charge in [-0.3, -0.25) is 4.90 Å². The molecule has 0 amide bonds. The van der Waals surface area contributed by atoms with Crippen LogP contribution in [0.4, 0.5) is 0 Å². The van der Waals surface area contributed by atoms with Gasteiger partial charge in [0.15, 0.2) is 0 Å². The molecule has 0 bridgehead atoms. The highest BCUT2D eigenvalue weighted by Crippen LogP contribution is 2.11. The average molecular weight is 216 g/mol. The van der Waals surface area contributed by atoms with Crippen molar-refractivity contribution in [3.05, 3.63) is 0 Å². The Balaban J connectivity index is 2.30. The van der Waals surface area contributed by atoms with E-state index in [-0.39, 0.29) is 0 Å². The summed E-state index contributed by atoms with van der Waals surface area (Å²) in [4.78, 5) is 2.59. The first kappa shape index (κ1) is 12.3. The summed E-state index contributed by atoms with van der Waals surface area (Å²) in [6.07, 6.45) is 1.26. The average Bonchev–Trinajstić information content (AvgIpc) is 2.26. The smallest absolute Gasteiger partial charge is 0.0286 e. The largest absolute Gasteiger partial charge is 0.311 e. The number of nitrogens with one attached hydrogen (secondary N) is 1. The summed E-state index contributed by atoms with van der Waals surface area (Å²) in [5.41, 5.74) is 0. The fourth-order valence-corrected chi connectivity index (χ4v) is 2.84. The van der Waals surface area contributed by atoms with Crippen LogP contribution in [0.3, 0.4) is 0 Å². The van der Waals surface area contributed by atoms with Crippen LogP contribution >= 0.6 is 11.8 Å². The highest BCUT2D eigenvalue weighted by atomic mass is 32.2. The van der Waals surface area contributed by atoms with E-state index in [1.165, 1.54) is 37.6 Å². The van der Waals surface area contributed by atoms with Crippen molar-refractivity contribution in [3.8, 4) is 0 Å². The van der Waals surface area contributed by atoms with Crippen LogP contribution in [-0.2, 0) is 0 Å². The molecule has 0 radical (unpaired) electrons. The third-order valence-electron chi connectivity index (χ3n) is 3.07. The molecule has 2 nitrogen and oxygen atoms in total. The van der Waals surface area contributed by atoms with Gasteiger partial charge in [0.1, 0.15) is 0 Å². The summed E-state index contributed by atoms with van der Waals surface area (Å²) < 4.78 is 0. The number of hydrogen-bond acceptors (Lipinski definition) is 3. The lowest BCUT2D eigenvalue weighted by molar-refractivity contribution is 0.196. The second-order valence-corrected chi connectivity index (χ2v) is 5.22. The Hall–Kier alpha value is 0.270. The third kappa shape index (κ3) is 3.79. The van der Waals surface area contributed by atoms with Crippen LogP contribution in [0.1, 0.15) is 27.2 Å². The zero-order chi connectivity index (χ0) is 10.4. The van der Waals surface area contributed by atoms with Crippen molar-refractivity contribution in [1.29, 1.82) is 0 Å². The van der Waals surface area contributed by atoms with Gasteiger partial charge in [-0.05, 0) is 19.9 Å². The highest BCUT2D eigenvalue weighted by Gasteiger charge is 2.18. The Morgan fingerprint density at radius 3 is 2.79 bits per heavy atom. The fourth-order valence-electron chi connectivity index (χ4n) is 1.90. The van der Waals surface area contributed by atoms with E-state index in [4.69, 9.17) is 0 Å². The second-order valence-electron chi connectivity index (χ2n) is 4.07. The molecule has 1 fully saturated rings. The van der Waals surface area contributed by atoms with E-state index in [9.17, 15) is 0 Å². The van der Waals surface area contributed by atoms with Crippen LogP contribution in [0.25, 0.3) is 0 Å². The van der Waals surface area contributed by atoms with Crippen molar-refractivity contribution in [3.63, 3.8) is 0 Å². The first-order valence-corrected chi connectivity index (χ1v) is 6.98. The van der Waals surface area contributed by atoms with Crippen LogP contribution in [0.15, 0.2) is 0 Å². The molecule has 0 spiro atoms. The quantitative estimate of drug-likeness (QED) is 0.754. The minimum atomic E-state index is 0.711. The molecule has 2 unspecified atom stereocenters. The minimum absolute atomic E-state index is 0.711. The zero-order valence-corrected chi connectivity index (χ0v) is 10.6. The number of likely N-dealkylation sites (N-methyl/N-ethyl adjacent to an activating group) is 1. The number of rotatable bonds is 5. The summed E-state index contributed by atoms with van der Waals surface area (Å²) >= 11 is 2.09. The van der Waals surface area contributed by atoms with E-state index in [0.717, 1.165) is 6.04 Å². The molecule has 1 aliphatic rings. The molecule has 1 rings (SSSR count). The third-order valence-corrected chi connectivity index (χ3v) is 4.20. The van der Waals surface area contributed by atoms with Gasteiger partial charge in [0.05, 0.1) is 0 Å². The van der Waals surface area contributed by atoms with Crippen LogP contribution in [-0.4, -0.2) is 48.1 Å². The Labute approximate surface area is 92.8 Å². The van der Waals surface area contributed by atoms with Crippen LogP contribution in [0.5, 0.6) is 0 Å². The van der Waals surface area contributed by atoms with Gasteiger partial charge in [-0.15, -0.1) is 0 Å². The topological polar surface area (TPSA) is 15.3 Å². The molecule has 0 saturated carbocycles. The van der Waals surface area contributed by atoms with Gasteiger partial charge in [-0.1, -0.05) is 13.8 Å². The lowest BCUT2D eigenvalue weighted by Gasteiger charge is -2.33. The Morgan fingerprint density at radius 2 is 2.29 bits per heavy atom. The summed E-state index contributed by atoms with van der Waals surface area (Å²) in [7, 11) is 0. The Kier molecular flexibility index (Phi) is 5.90. The van der Waals surface area contributed by atoms with E-state index < -0.39 is 0 Å². The maximum Gasteiger partial charge on any atom is 0.0286 e. The summed E-state index contributed by atoms with van der Waals surface area (Å²) in [5.74, 6) is 2.57. The first-order valence-electron chi connectivity index (χ1n) is 5.83. The van der Waals surface area contributed by atoms with Crippen LogP contribution < -0.4 is 5.32 Å². The van der Waals surface area contributed by atoms with Crippen LogP contribution in [0, 0.1) is 0 Å². The number of thioether (sulfide) groups is 1. The SMILES string of the molecule is CCC(C)N(CC)CC1CSCCN1. The Morgan fingerprint density at radius 1 is 1.50 bits per heavy atom. The minimum Gasteiger partial charge on any atom is -0.311 e. The van der Waals surface area contributed by atoms with E-state index >= 15 is 0 Å². The van der Waals surface area contributed by atoms with Crippen LogP contribution in [0.2, 0.25) is 0 Å². The van der Waals surface area contributed by atoms with Gasteiger partial charge in [0.25, 0.3) is 0 Å². The highest BCUT2D eigenvalue weighted by molar-refractivity contribution is 7.99. The van der Waals surface area contributed by atoms with Crippen molar-refractivity contribution in [2.24, 2.45) is 0 Å². The van der Waals surface area contributed by atoms with E-state index in [0.29, 0.717) is 6.04 Å². The van der Waals surface area contributed by atoms with Gasteiger partial charge >= 0.3 is 0 Å².